The van der Waals surface area contributed by atoms with Crippen molar-refractivity contribution in [1.82, 2.24) is 10.3 Å². The van der Waals surface area contributed by atoms with Crippen molar-refractivity contribution in [3.8, 4) is 5.88 Å². The van der Waals surface area contributed by atoms with Gasteiger partial charge in [-0.3, -0.25) is 9.90 Å². The molecule has 1 radical (unpaired) electrons. The van der Waals surface area contributed by atoms with E-state index in [4.69, 9.17) is 0 Å². The normalized spacial score (nSPS) is 9.18. The second-order valence-electron chi connectivity index (χ2n) is 1.94. The van der Waals surface area contributed by atoms with Gasteiger partial charge in [0.1, 0.15) is 5.56 Å². The summed E-state index contributed by atoms with van der Waals surface area (Å²) in [7, 11) is 1.47. The van der Waals surface area contributed by atoms with Crippen LogP contribution in [0.25, 0.3) is 0 Å². The molecule has 0 aliphatic rings. The van der Waals surface area contributed by atoms with Crippen molar-refractivity contribution >= 4 is 5.91 Å². The predicted octanol–water partition coefficient (Wildman–Crippen LogP) is 0.585. The summed E-state index contributed by atoms with van der Waals surface area (Å²) in [6, 6.07) is 2.99. The molecule has 0 saturated heterocycles. The maximum absolute atomic E-state index is 10.9. The van der Waals surface area contributed by atoms with Gasteiger partial charge in [0.05, 0.1) is 0 Å². The van der Waals surface area contributed by atoms with E-state index in [0.29, 0.717) is 0 Å². The summed E-state index contributed by atoms with van der Waals surface area (Å²) in [5, 5.41) is 13.2. The lowest BCUT2D eigenvalue weighted by Gasteiger charge is -1.97. The first-order valence-electron chi connectivity index (χ1n) is 3.10. The lowest BCUT2D eigenvalue weighted by molar-refractivity contribution is 0.0957. The number of pyridine rings is 1. The first-order valence-corrected chi connectivity index (χ1v) is 3.10. The summed E-state index contributed by atoms with van der Waals surface area (Å²) in [5.74, 6) is -0.894. The van der Waals surface area contributed by atoms with E-state index in [2.05, 4.69) is 10.3 Å². The number of carbonyl (C=O) groups excluding carboxylic acids is 1. The van der Waals surface area contributed by atoms with Crippen molar-refractivity contribution in [3.05, 3.63) is 23.9 Å². The summed E-state index contributed by atoms with van der Waals surface area (Å²) in [5.41, 5.74) is 0.0787. The molecule has 57 valence electrons. The minimum atomic E-state index is -0.494. The Kier molecular flexibility index (Phi) is 2.06. The van der Waals surface area contributed by atoms with E-state index in [0.717, 1.165) is 0 Å². The van der Waals surface area contributed by atoms with Crippen molar-refractivity contribution in [3.63, 3.8) is 0 Å². The molecule has 1 N–H and O–H groups in total. The van der Waals surface area contributed by atoms with Crippen LogP contribution in [0.4, 0.5) is 0 Å². The van der Waals surface area contributed by atoms with Crippen LogP contribution in [-0.4, -0.2) is 17.9 Å². The van der Waals surface area contributed by atoms with Crippen LogP contribution in [0, 0.1) is 0 Å². The molecule has 11 heavy (non-hydrogen) atoms. The van der Waals surface area contributed by atoms with Gasteiger partial charge >= 0.3 is 0 Å². The first kappa shape index (κ1) is 7.53. The van der Waals surface area contributed by atoms with Crippen LogP contribution in [0.5, 0.6) is 5.88 Å². The number of hydrogen-bond donors (Lipinski definition) is 1. The summed E-state index contributed by atoms with van der Waals surface area (Å²) in [4.78, 5) is 14.3. The molecule has 0 aliphatic carbocycles. The standard InChI is InChI=1S/C7H7N2O2/c1-8-6(10)5-3-2-4-9-7(5)11/h2-4H,1H3,(H,8,10). The van der Waals surface area contributed by atoms with Gasteiger partial charge < -0.3 is 5.32 Å². The van der Waals surface area contributed by atoms with Crippen molar-refractivity contribution < 1.29 is 9.90 Å². The van der Waals surface area contributed by atoms with E-state index in [-0.39, 0.29) is 5.56 Å². The molecule has 1 amide bonds. The molecule has 1 rings (SSSR count). The minimum Gasteiger partial charge on any atom is -0.355 e. The Morgan fingerprint density at radius 2 is 2.36 bits per heavy atom. The number of aromatic nitrogens is 1. The van der Waals surface area contributed by atoms with E-state index >= 15 is 0 Å². The third-order valence-corrected chi connectivity index (χ3v) is 1.24. The molecule has 0 fully saturated rings. The van der Waals surface area contributed by atoms with Crippen LogP contribution in [0.1, 0.15) is 10.4 Å². The Morgan fingerprint density at radius 3 is 2.91 bits per heavy atom. The zero-order valence-corrected chi connectivity index (χ0v) is 6.00. The number of hydrogen-bond acceptors (Lipinski definition) is 2. The van der Waals surface area contributed by atoms with Crippen LogP contribution in [0.15, 0.2) is 18.3 Å². The Balaban J connectivity index is 3.03. The molecular formula is C7H7N2O2. The summed E-state index contributed by atoms with van der Waals surface area (Å²) in [6.07, 6.45) is 1.36. The average molecular weight is 151 g/mol. The SMILES string of the molecule is CNC(=O)c1cccnc1[O]. The fourth-order valence-corrected chi connectivity index (χ4v) is 0.698. The monoisotopic (exact) mass is 151 g/mol. The maximum Gasteiger partial charge on any atom is 0.282 e. The Morgan fingerprint density at radius 1 is 1.64 bits per heavy atom. The topological polar surface area (TPSA) is 61.9 Å². The van der Waals surface area contributed by atoms with Gasteiger partial charge in [-0.2, -0.15) is 0 Å². The quantitative estimate of drug-likeness (QED) is 0.638. The summed E-state index contributed by atoms with van der Waals surface area (Å²) >= 11 is 0. The van der Waals surface area contributed by atoms with Gasteiger partial charge in [-0.05, 0) is 12.1 Å². The van der Waals surface area contributed by atoms with Gasteiger partial charge in [0, 0.05) is 13.2 Å². The third kappa shape index (κ3) is 1.46. The lowest BCUT2D eigenvalue weighted by Crippen LogP contribution is -2.17. The molecule has 0 unspecified atom stereocenters. The maximum atomic E-state index is 10.9. The molecule has 0 saturated carbocycles. The van der Waals surface area contributed by atoms with E-state index < -0.39 is 11.8 Å². The molecule has 0 spiro atoms. The Bertz CT molecular complexity index is 273. The molecule has 0 bridgehead atoms. The van der Waals surface area contributed by atoms with Crippen LogP contribution in [0.2, 0.25) is 0 Å². The zero-order valence-electron chi connectivity index (χ0n) is 6.00. The highest BCUT2D eigenvalue weighted by Gasteiger charge is 2.09. The van der Waals surface area contributed by atoms with E-state index in [1.54, 1.807) is 6.07 Å². The van der Waals surface area contributed by atoms with Crippen LogP contribution >= 0.6 is 0 Å². The number of amides is 1. The zero-order chi connectivity index (χ0) is 8.27. The van der Waals surface area contributed by atoms with Gasteiger partial charge in [0.2, 0.25) is 0 Å². The number of nitrogens with one attached hydrogen (secondary N) is 1. The van der Waals surface area contributed by atoms with Crippen molar-refractivity contribution in [2.45, 2.75) is 0 Å². The minimum absolute atomic E-state index is 0.0787. The predicted molar refractivity (Wildman–Crippen MR) is 37.8 cm³/mol. The third-order valence-electron chi connectivity index (χ3n) is 1.24. The fraction of sp³-hybridized carbons (Fsp3) is 0.143. The Hall–Kier alpha value is -1.58. The van der Waals surface area contributed by atoms with Gasteiger partial charge in [0.15, 0.2) is 0 Å². The van der Waals surface area contributed by atoms with E-state index in [9.17, 15) is 9.90 Å². The number of rotatable bonds is 1. The van der Waals surface area contributed by atoms with Gasteiger partial charge in [-0.1, -0.05) is 0 Å². The molecule has 1 aromatic heterocycles. The lowest BCUT2D eigenvalue weighted by atomic mass is 10.2. The van der Waals surface area contributed by atoms with Gasteiger partial charge in [0.25, 0.3) is 11.8 Å². The largest absolute Gasteiger partial charge is 0.355 e. The molecule has 4 heteroatoms. The Labute approximate surface area is 63.9 Å². The van der Waals surface area contributed by atoms with Crippen molar-refractivity contribution in [1.29, 1.82) is 0 Å². The molecule has 4 nitrogen and oxygen atoms in total. The van der Waals surface area contributed by atoms with Crippen molar-refractivity contribution in [2.24, 2.45) is 0 Å². The van der Waals surface area contributed by atoms with Crippen molar-refractivity contribution in [2.75, 3.05) is 7.05 Å². The molecule has 0 aromatic carbocycles. The fourth-order valence-electron chi connectivity index (χ4n) is 0.698. The molecular weight excluding hydrogens is 144 g/mol. The highest BCUT2D eigenvalue weighted by Crippen LogP contribution is 2.11. The molecule has 0 aliphatic heterocycles. The summed E-state index contributed by atoms with van der Waals surface area (Å²) in [6.45, 7) is 0. The highest BCUT2D eigenvalue weighted by molar-refractivity contribution is 5.95. The molecule has 1 aromatic rings. The van der Waals surface area contributed by atoms with E-state index in [1.807, 2.05) is 0 Å². The number of carbonyl (C=O) groups is 1. The first-order chi connectivity index (χ1) is 5.25. The molecule has 0 atom stereocenters. The van der Waals surface area contributed by atoms with Gasteiger partial charge in [-0.15, -0.1) is 0 Å². The number of nitrogens with zero attached hydrogens (tertiary/aromatic N) is 1. The molecule has 1 heterocycles. The second-order valence-corrected chi connectivity index (χ2v) is 1.94. The van der Waals surface area contributed by atoms with Crippen LogP contribution in [0.3, 0.4) is 0 Å². The highest BCUT2D eigenvalue weighted by atomic mass is 16.3. The van der Waals surface area contributed by atoms with E-state index in [1.165, 1.54) is 19.3 Å². The smallest absolute Gasteiger partial charge is 0.282 e. The van der Waals surface area contributed by atoms with Gasteiger partial charge in [-0.25, -0.2) is 4.98 Å². The van der Waals surface area contributed by atoms with Crippen LogP contribution < -0.4 is 5.32 Å². The second kappa shape index (κ2) is 3.01. The summed E-state index contributed by atoms with van der Waals surface area (Å²) < 4.78 is 0. The van der Waals surface area contributed by atoms with Crippen LogP contribution in [-0.2, 0) is 5.11 Å². The average Bonchev–Trinajstić information content (AvgIpc) is 2.04.